The lowest BCUT2D eigenvalue weighted by molar-refractivity contribution is -0.131. The van der Waals surface area contributed by atoms with Crippen LogP contribution in [0.25, 0.3) is 10.6 Å². The van der Waals surface area contributed by atoms with E-state index in [2.05, 4.69) is 4.98 Å². The Morgan fingerprint density at radius 1 is 1.04 bits per heavy atom. The third-order valence-corrected chi connectivity index (χ3v) is 6.04. The molecule has 1 fully saturated rings. The first-order valence-electron chi connectivity index (χ1n) is 9.61. The summed E-state index contributed by atoms with van der Waals surface area (Å²) >= 11 is 1.60. The molecule has 0 bridgehead atoms. The molecule has 3 aromatic rings. The number of likely N-dealkylation sites (tertiary alicyclic amines) is 1. The summed E-state index contributed by atoms with van der Waals surface area (Å²) in [7, 11) is 0. The zero-order valence-electron chi connectivity index (χ0n) is 15.6. The van der Waals surface area contributed by atoms with Gasteiger partial charge in [-0.25, -0.2) is 4.98 Å². The van der Waals surface area contributed by atoms with E-state index in [1.54, 1.807) is 16.2 Å². The summed E-state index contributed by atoms with van der Waals surface area (Å²) in [5, 5.41) is 2.99. The Morgan fingerprint density at radius 2 is 1.75 bits per heavy atom. The minimum Gasteiger partial charge on any atom is -0.332 e. The van der Waals surface area contributed by atoms with Gasteiger partial charge in [-0.1, -0.05) is 60.7 Å². The van der Waals surface area contributed by atoms with Crippen LogP contribution < -0.4 is 0 Å². The highest BCUT2D eigenvalue weighted by molar-refractivity contribution is 7.13. The van der Waals surface area contributed by atoms with E-state index in [1.807, 2.05) is 66.0 Å². The number of Topliss-reactive ketones (excluding diaryl/α,β-unsaturated/α-hetero) is 1. The van der Waals surface area contributed by atoms with E-state index in [4.69, 9.17) is 0 Å². The summed E-state index contributed by atoms with van der Waals surface area (Å²) in [5.41, 5.74) is 2.71. The molecule has 0 saturated carbocycles. The lowest BCUT2D eigenvalue weighted by atomic mass is 10.0. The minimum atomic E-state index is -0.329. The Kier molecular flexibility index (Phi) is 5.63. The molecule has 1 aliphatic rings. The molecular weight excluding hydrogens is 368 g/mol. The van der Waals surface area contributed by atoms with E-state index < -0.39 is 0 Å². The SMILES string of the molecule is O=C(c1ccccc1)C1CCCN1C(=O)CCc1csc(-c2ccccc2)n1. The highest BCUT2D eigenvalue weighted by Gasteiger charge is 2.34. The van der Waals surface area contributed by atoms with Gasteiger partial charge in [0.2, 0.25) is 5.91 Å². The molecule has 4 nitrogen and oxygen atoms in total. The van der Waals surface area contributed by atoms with E-state index >= 15 is 0 Å². The molecule has 0 N–H and O–H groups in total. The lowest BCUT2D eigenvalue weighted by Gasteiger charge is -2.23. The smallest absolute Gasteiger partial charge is 0.223 e. The number of rotatable bonds is 6. The predicted molar refractivity (Wildman–Crippen MR) is 111 cm³/mol. The molecule has 1 saturated heterocycles. The number of carbonyl (C=O) groups excluding carboxylic acids is 2. The van der Waals surface area contributed by atoms with Crippen molar-refractivity contribution in [3.05, 3.63) is 77.3 Å². The average molecular weight is 391 g/mol. The van der Waals surface area contributed by atoms with E-state index in [0.717, 1.165) is 29.1 Å². The van der Waals surface area contributed by atoms with Crippen LogP contribution in [0.2, 0.25) is 0 Å². The van der Waals surface area contributed by atoms with Crippen molar-refractivity contribution in [2.45, 2.75) is 31.7 Å². The summed E-state index contributed by atoms with van der Waals surface area (Å²) in [6.07, 6.45) is 2.61. The largest absolute Gasteiger partial charge is 0.332 e. The molecule has 1 unspecified atom stereocenters. The Hall–Kier alpha value is -2.79. The van der Waals surface area contributed by atoms with Gasteiger partial charge < -0.3 is 4.90 Å². The Morgan fingerprint density at radius 3 is 2.50 bits per heavy atom. The molecule has 0 radical (unpaired) electrons. The van der Waals surface area contributed by atoms with Crippen molar-refractivity contribution in [3.63, 3.8) is 0 Å². The number of thiazole rings is 1. The number of hydrogen-bond acceptors (Lipinski definition) is 4. The van der Waals surface area contributed by atoms with Gasteiger partial charge in [-0.2, -0.15) is 0 Å². The predicted octanol–water partition coefficient (Wildman–Crippen LogP) is 4.62. The quantitative estimate of drug-likeness (QED) is 0.577. The zero-order chi connectivity index (χ0) is 19.3. The third-order valence-electron chi connectivity index (χ3n) is 5.10. The van der Waals surface area contributed by atoms with Crippen LogP contribution in [0.5, 0.6) is 0 Å². The molecule has 2 heterocycles. The summed E-state index contributed by atoms with van der Waals surface area (Å²) in [6.45, 7) is 0.661. The molecule has 142 valence electrons. The third kappa shape index (κ3) is 4.04. The van der Waals surface area contributed by atoms with Crippen LogP contribution in [0.3, 0.4) is 0 Å². The molecule has 0 spiro atoms. The van der Waals surface area contributed by atoms with Crippen LogP contribution in [-0.4, -0.2) is 34.2 Å². The van der Waals surface area contributed by atoms with E-state index in [-0.39, 0.29) is 17.7 Å². The topological polar surface area (TPSA) is 50.3 Å². The number of hydrogen-bond donors (Lipinski definition) is 0. The number of benzene rings is 2. The average Bonchev–Trinajstić information content (AvgIpc) is 3.43. The van der Waals surface area contributed by atoms with Gasteiger partial charge in [0.15, 0.2) is 5.78 Å². The summed E-state index contributed by atoms with van der Waals surface area (Å²) < 4.78 is 0. The van der Waals surface area contributed by atoms with Gasteiger partial charge in [0.25, 0.3) is 0 Å². The number of nitrogens with zero attached hydrogens (tertiary/aromatic N) is 2. The highest BCUT2D eigenvalue weighted by atomic mass is 32.1. The van der Waals surface area contributed by atoms with Crippen molar-refractivity contribution < 1.29 is 9.59 Å². The summed E-state index contributed by atoms with van der Waals surface area (Å²) in [5.74, 6) is 0.0903. The maximum Gasteiger partial charge on any atom is 0.223 e. The molecular formula is C23H22N2O2S. The molecule has 5 heteroatoms. The number of carbonyl (C=O) groups is 2. The maximum absolute atomic E-state index is 12.8. The van der Waals surface area contributed by atoms with Crippen LogP contribution in [0.4, 0.5) is 0 Å². The lowest BCUT2D eigenvalue weighted by Crippen LogP contribution is -2.40. The first kappa shape index (κ1) is 18.6. The van der Waals surface area contributed by atoms with E-state index in [9.17, 15) is 9.59 Å². The second-order valence-electron chi connectivity index (χ2n) is 6.99. The first-order chi connectivity index (χ1) is 13.7. The monoisotopic (exact) mass is 390 g/mol. The van der Waals surface area contributed by atoms with Crippen molar-refractivity contribution in [2.24, 2.45) is 0 Å². The van der Waals surface area contributed by atoms with Crippen LogP contribution >= 0.6 is 11.3 Å². The molecule has 0 aliphatic carbocycles. The van der Waals surface area contributed by atoms with Crippen molar-refractivity contribution in [2.75, 3.05) is 6.54 Å². The van der Waals surface area contributed by atoms with Gasteiger partial charge in [-0.3, -0.25) is 9.59 Å². The summed E-state index contributed by atoms with van der Waals surface area (Å²) in [4.78, 5) is 32.0. The Labute approximate surface area is 168 Å². The number of aryl methyl sites for hydroxylation is 1. The van der Waals surface area contributed by atoms with Gasteiger partial charge in [0, 0.05) is 29.5 Å². The van der Waals surface area contributed by atoms with Gasteiger partial charge in [0.1, 0.15) is 5.01 Å². The first-order valence-corrected chi connectivity index (χ1v) is 10.5. The van der Waals surface area contributed by atoms with Crippen LogP contribution in [0.1, 0.15) is 35.3 Å². The van der Waals surface area contributed by atoms with E-state index in [0.29, 0.717) is 24.9 Å². The molecule has 1 atom stereocenters. The fourth-order valence-electron chi connectivity index (χ4n) is 3.65. The fourth-order valence-corrected chi connectivity index (χ4v) is 4.51. The Bertz CT molecular complexity index is 953. The van der Waals surface area contributed by atoms with Gasteiger partial charge in [-0.05, 0) is 19.3 Å². The molecule has 1 aliphatic heterocycles. The van der Waals surface area contributed by atoms with Gasteiger partial charge in [0.05, 0.1) is 11.7 Å². The van der Waals surface area contributed by atoms with Crippen LogP contribution in [-0.2, 0) is 11.2 Å². The van der Waals surface area contributed by atoms with Crippen molar-refractivity contribution in [1.82, 2.24) is 9.88 Å². The van der Waals surface area contributed by atoms with Crippen molar-refractivity contribution >= 4 is 23.0 Å². The van der Waals surface area contributed by atoms with Crippen molar-refractivity contribution in [3.8, 4) is 10.6 Å². The standard InChI is InChI=1S/C23H22N2O2S/c26-21(14-13-19-16-28-23(24-19)18-10-5-2-6-11-18)25-15-7-12-20(25)22(27)17-8-3-1-4-9-17/h1-6,8-11,16,20H,7,12-15H2. The minimum absolute atomic E-state index is 0.0426. The van der Waals surface area contributed by atoms with Crippen LogP contribution in [0.15, 0.2) is 66.0 Å². The van der Waals surface area contributed by atoms with Gasteiger partial charge in [-0.15, -0.1) is 11.3 Å². The number of amides is 1. The molecule has 2 aromatic carbocycles. The molecule has 28 heavy (non-hydrogen) atoms. The van der Waals surface area contributed by atoms with Crippen molar-refractivity contribution in [1.29, 1.82) is 0 Å². The number of ketones is 1. The maximum atomic E-state index is 12.8. The Balaban J connectivity index is 1.38. The second kappa shape index (κ2) is 8.48. The fraction of sp³-hybridized carbons (Fsp3) is 0.261. The molecule has 4 rings (SSSR count). The van der Waals surface area contributed by atoms with E-state index in [1.165, 1.54) is 0 Å². The second-order valence-corrected chi connectivity index (χ2v) is 7.84. The normalized spacial score (nSPS) is 16.3. The number of aromatic nitrogens is 1. The van der Waals surface area contributed by atoms with Crippen LogP contribution in [0, 0.1) is 0 Å². The molecule has 1 aromatic heterocycles. The van der Waals surface area contributed by atoms with Gasteiger partial charge >= 0.3 is 0 Å². The molecule has 1 amide bonds. The highest BCUT2D eigenvalue weighted by Crippen LogP contribution is 2.25. The zero-order valence-corrected chi connectivity index (χ0v) is 16.4. The summed E-state index contributed by atoms with van der Waals surface area (Å²) in [6, 6.07) is 19.0.